The van der Waals surface area contributed by atoms with E-state index in [-0.39, 0.29) is 12.4 Å². The first-order valence-electron chi connectivity index (χ1n) is 4.70. The predicted molar refractivity (Wildman–Crippen MR) is 52.8 cm³/mol. The second-order valence-electron chi connectivity index (χ2n) is 3.56. The molecule has 0 aliphatic heterocycles. The van der Waals surface area contributed by atoms with Crippen molar-refractivity contribution in [2.45, 2.75) is 13.8 Å². The average Bonchev–Trinajstić information content (AvgIpc) is 2.63. The van der Waals surface area contributed by atoms with Gasteiger partial charge in [-0.05, 0) is 0 Å². The zero-order chi connectivity index (χ0) is 12.3. The Bertz CT molecular complexity index is 401. The number of amides is 1. The third-order valence-electron chi connectivity index (χ3n) is 2.03. The highest BCUT2D eigenvalue weighted by atomic mass is 16.5. The van der Waals surface area contributed by atoms with Crippen molar-refractivity contribution in [1.82, 2.24) is 15.0 Å². The molecule has 88 valence electrons. The summed E-state index contributed by atoms with van der Waals surface area (Å²) in [6.07, 6.45) is 0. The molecule has 0 radical (unpaired) electrons. The van der Waals surface area contributed by atoms with Gasteiger partial charge in [-0.2, -0.15) is 4.98 Å². The second kappa shape index (κ2) is 4.73. The standard InChI is InChI=1S/C9H13N3O4/c1-5(9(14)15)4-12(3)8(13)7-10-6(2)16-11-7/h5H,4H2,1-3H3,(H,14,15). The maximum absolute atomic E-state index is 11.7. The maximum atomic E-state index is 11.7. The fourth-order valence-electron chi connectivity index (χ4n) is 1.13. The lowest BCUT2D eigenvalue weighted by molar-refractivity contribution is -0.141. The summed E-state index contributed by atoms with van der Waals surface area (Å²) in [6, 6.07) is 0. The first-order valence-corrected chi connectivity index (χ1v) is 4.70. The molecule has 7 nitrogen and oxygen atoms in total. The van der Waals surface area contributed by atoms with Crippen LogP contribution in [0.25, 0.3) is 0 Å². The van der Waals surface area contributed by atoms with Crippen molar-refractivity contribution in [3.63, 3.8) is 0 Å². The quantitative estimate of drug-likeness (QED) is 0.787. The van der Waals surface area contributed by atoms with Gasteiger partial charge < -0.3 is 14.5 Å². The van der Waals surface area contributed by atoms with Crippen LogP contribution in [0.5, 0.6) is 0 Å². The number of hydrogen-bond acceptors (Lipinski definition) is 5. The molecule has 0 aliphatic carbocycles. The molecule has 1 amide bonds. The van der Waals surface area contributed by atoms with Gasteiger partial charge in [-0.25, -0.2) is 0 Å². The summed E-state index contributed by atoms with van der Waals surface area (Å²) in [6.45, 7) is 3.19. The Morgan fingerprint density at radius 2 is 2.19 bits per heavy atom. The van der Waals surface area contributed by atoms with E-state index < -0.39 is 17.8 Å². The molecule has 0 aliphatic rings. The largest absolute Gasteiger partial charge is 0.481 e. The van der Waals surface area contributed by atoms with Gasteiger partial charge in [0.05, 0.1) is 5.92 Å². The van der Waals surface area contributed by atoms with E-state index in [1.165, 1.54) is 18.9 Å². The van der Waals surface area contributed by atoms with Crippen LogP contribution in [-0.4, -0.2) is 45.6 Å². The number of carboxylic acid groups (broad SMARTS) is 1. The van der Waals surface area contributed by atoms with Crippen molar-refractivity contribution < 1.29 is 19.2 Å². The number of carboxylic acids is 1. The van der Waals surface area contributed by atoms with Crippen molar-refractivity contribution in [3.05, 3.63) is 11.7 Å². The van der Waals surface area contributed by atoms with Crippen LogP contribution in [-0.2, 0) is 4.79 Å². The van der Waals surface area contributed by atoms with Crippen LogP contribution < -0.4 is 0 Å². The highest BCUT2D eigenvalue weighted by Crippen LogP contribution is 2.03. The van der Waals surface area contributed by atoms with Gasteiger partial charge in [0.15, 0.2) is 0 Å². The topological polar surface area (TPSA) is 96.5 Å². The molecule has 0 spiro atoms. The summed E-state index contributed by atoms with van der Waals surface area (Å²) < 4.78 is 4.66. The number of nitrogens with zero attached hydrogens (tertiary/aromatic N) is 3. The molecule has 0 saturated carbocycles. The van der Waals surface area contributed by atoms with E-state index in [1.54, 1.807) is 6.92 Å². The molecule has 1 atom stereocenters. The van der Waals surface area contributed by atoms with E-state index in [2.05, 4.69) is 14.7 Å². The average molecular weight is 227 g/mol. The SMILES string of the molecule is Cc1nc(C(=O)N(C)CC(C)C(=O)O)no1. The minimum atomic E-state index is -0.955. The molecule has 16 heavy (non-hydrogen) atoms. The summed E-state index contributed by atoms with van der Waals surface area (Å²) in [5.74, 6) is -1.81. The maximum Gasteiger partial charge on any atom is 0.308 e. The third kappa shape index (κ3) is 2.78. The van der Waals surface area contributed by atoms with Gasteiger partial charge in [-0.3, -0.25) is 9.59 Å². The molecule has 1 unspecified atom stereocenters. The first-order chi connectivity index (χ1) is 7.41. The summed E-state index contributed by atoms with van der Waals surface area (Å²) in [5, 5.41) is 12.2. The number of aliphatic carboxylic acids is 1. The van der Waals surface area contributed by atoms with Crippen molar-refractivity contribution in [2.24, 2.45) is 5.92 Å². The fourth-order valence-corrected chi connectivity index (χ4v) is 1.13. The van der Waals surface area contributed by atoms with Crippen LogP contribution in [0.2, 0.25) is 0 Å². The zero-order valence-corrected chi connectivity index (χ0v) is 9.30. The number of hydrogen-bond donors (Lipinski definition) is 1. The number of aromatic nitrogens is 2. The Hall–Kier alpha value is -1.92. The number of rotatable bonds is 4. The van der Waals surface area contributed by atoms with Crippen molar-refractivity contribution in [1.29, 1.82) is 0 Å². The smallest absolute Gasteiger partial charge is 0.308 e. The number of carbonyl (C=O) groups is 2. The molecule has 1 heterocycles. The molecule has 7 heteroatoms. The molecule has 0 saturated heterocycles. The van der Waals surface area contributed by atoms with Crippen LogP contribution in [0.1, 0.15) is 23.4 Å². The summed E-state index contributed by atoms with van der Waals surface area (Å²) in [5.41, 5.74) is 0. The molecule has 0 aromatic carbocycles. The molecule has 1 rings (SSSR count). The van der Waals surface area contributed by atoms with E-state index in [1.807, 2.05) is 0 Å². The predicted octanol–water partition coefficient (Wildman–Crippen LogP) is 0.171. The summed E-state index contributed by atoms with van der Waals surface area (Å²) in [4.78, 5) is 27.3. The van der Waals surface area contributed by atoms with Gasteiger partial charge in [0.25, 0.3) is 11.7 Å². The molecule has 1 aromatic heterocycles. The van der Waals surface area contributed by atoms with Gasteiger partial charge in [0.1, 0.15) is 0 Å². The monoisotopic (exact) mass is 227 g/mol. The second-order valence-corrected chi connectivity index (χ2v) is 3.56. The number of aryl methyl sites for hydroxylation is 1. The van der Waals surface area contributed by atoms with E-state index in [0.29, 0.717) is 5.89 Å². The van der Waals surface area contributed by atoms with Gasteiger partial charge in [-0.1, -0.05) is 12.1 Å². The molecule has 0 fully saturated rings. The lowest BCUT2D eigenvalue weighted by Crippen LogP contribution is -2.34. The Morgan fingerprint density at radius 3 is 2.62 bits per heavy atom. The minimum Gasteiger partial charge on any atom is -0.481 e. The first kappa shape index (κ1) is 12.2. The van der Waals surface area contributed by atoms with Crippen LogP contribution in [0.4, 0.5) is 0 Å². The fraction of sp³-hybridized carbons (Fsp3) is 0.556. The van der Waals surface area contributed by atoms with Crippen molar-refractivity contribution in [3.8, 4) is 0 Å². The summed E-state index contributed by atoms with van der Waals surface area (Å²) >= 11 is 0. The van der Waals surface area contributed by atoms with Crippen LogP contribution in [0.15, 0.2) is 4.52 Å². The molecular formula is C9H13N3O4. The lowest BCUT2D eigenvalue weighted by atomic mass is 10.2. The highest BCUT2D eigenvalue weighted by molar-refractivity contribution is 5.90. The molecule has 0 bridgehead atoms. The van der Waals surface area contributed by atoms with Crippen molar-refractivity contribution in [2.75, 3.05) is 13.6 Å². The van der Waals surface area contributed by atoms with Gasteiger partial charge in [-0.15, -0.1) is 0 Å². The lowest BCUT2D eigenvalue weighted by Gasteiger charge is -2.17. The van der Waals surface area contributed by atoms with E-state index in [0.717, 1.165) is 0 Å². The highest BCUT2D eigenvalue weighted by Gasteiger charge is 2.21. The normalized spacial score (nSPS) is 12.2. The summed E-state index contributed by atoms with van der Waals surface area (Å²) in [7, 11) is 1.49. The van der Waals surface area contributed by atoms with Crippen LogP contribution in [0, 0.1) is 12.8 Å². The third-order valence-corrected chi connectivity index (χ3v) is 2.03. The molecule has 1 aromatic rings. The van der Waals surface area contributed by atoms with E-state index in [9.17, 15) is 9.59 Å². The van der Waals surface area contributed by atoms with E-state index >= 15 is 0 Å². The Balaban J connectivity index is 2.64. The van der Waals surface area contributed by atoms with Gasteiger partial charge >= 0.3 is 5.97 Å². The molecule has 1 N–H and O–H groups in total. The van der Waals surface area contributed by atoms with Gasteiger partial charge in [0, 0.05) is 20.5 Å². The zero-order valence-electron chi connectivity index (χ0n) is 9.30. The Labute approximate surface area is 92.0 Å². The van der Waals surface area contributed by atoms with Gasteiger partial charge in [0.2, 0.25) is 5.89 Å². The van der Waals surface area contributed by atoms with E-state index in [4.69, 9.17) is 5.11 Å². The Kier molecular flexibility index (Phi) is 3.60. The van der Waals surface area contributed by atoms with Crippen LogP contribution >= 0.6 is 0 Å². The van der Waals surface area contributed by atoms with Crippen molar-refractivity contribution >= 4 is 11.9 Å². The Morgan fingerprint density at radius 1 is 1.56 bits per heavy atom. The molecular weight excluding hydrogens is 214 g/mol. The van der Waals surface area contributed by atoms with Crippen LogP contribution in [0.3, 0.4) is 0 Å². The number of carbonyl (C=O) groups excluding carboxylic acids is 1. The minimum absolute atomic E-state index is 0.0578.